The van der Waals surface area contributed by atoms with Crippen LogP contribution in [0.4, 0.5) is 0 Å². The molecule has 0 amide bonds. The average Bonchev–Trinajstić information content (AvgIpc) is 2.28. The third-order valence-electron chi connectivity index (χ3n) is 2.33. The second-order valence-corrected chi connectivity index (χ2v) is 4.22. The number of ether oxygens (including phenoxy) is 1. The van der Waals surface area contributed by atoms with Gasteiger partial charge in [0.25, 0.3) is 0 Å². The number of aryl methyl sites for hydroxylation is 1. The first-order chi connectivity index (χ1) is 7.97. The van der Waals surface area contributed by atoms with E-state index >= 15 is 0 Å². The normalized spacial score (nSPS) is 12.0. The summed E-state index contributed by atoms with van der Waals surface area (Å²) >= 11 is 6.01. The molecule has 0 aliphatic rings. The lowest BCUT2D eigenvalue weighted by atomic mass is 10.00. The Morgan fingerprint density at radius 3 is 2.59 bits per heavy atom. The van der Waals surface area contributed by atoms with Gasteiger partial charge in [0.1, 0.15) is 5.38 Å². The maximum atomic E-state index is 11.7. The smallest absolute Gasteiger partial charge is 0.338 e. The number of hydrogen-bond donors (Lipinski definition) is 0. The lowest BCUT2D eigenvalue weighted by Crippen LogP contribution is -2.12. The van der Waals surface area contributed by atoms with E-state index in [2.05, 4.69) is 0 Å². The van der Waals surface area contributed by atoms with Crippen molar-refractivity contribution in [3.8, 4) is 0 Å². The van der Waals surface area contributed by atoms with E-state index in [-0.39, 0.29) is 5.78 Å². The Balaban J connectivity index is 3.21. The maximum absolute atomic E-state index is 11.7. The van der Waals surface area contributed by atoms with Crippen molar-refractivity contribution >= 4 is 23.4 Å². The summed E-state index contributed by atoms with van der Waals surface area (Å²) in [6.45, 7) is 5.30. The van der Waals surface area contributed by atoms with Gasteiger partial charge in [-0.25, -0.2) is 4.79 Å². The molecule has 92 valence electrons. The SMILES string of the molecule is CCOC(=O)c1ccc(C)cc1C(Cl)C(C)=O. The lowest BCUT2D eigenvalue weighted by molar-refractivity contribution is -0.116. The summed E-state index contributed by atoms with van der Waals surface area (Å²) in [5, 5.41) is -0.811. The van der Waals surface area contributed by atoms with E-state index in [4.69, 9.17) is 16.3 Å². The molecule has 0 fully saturated rings. The molecule has 0 saturated carbocycles. The van der Waals surface area contributed by atoms with Crippen LogP contribution in [0.3, 0.4) is 0 Å². The molecular weight excluding hydrogens is 240 g/mol. The minimum atomic E-state index is -0.811. The summed E-state index contributed by atoms with van der Waals surface area (Å²) in [6, 6.07) is 5.17. The highest BCUT2D eigenvalue weighted by molar-refractivity contribution is 6.31. The van der Waals surface area contributed by atoms with Gasteiger partial charge in [0.15, 0.2) is 5.78 Å². The number of carbonyl (C=O) groups is 2. The summed E-state index contributed by atoms with van der Waals surface area (Å²) < 4.78 is 4.93. The van der Waals surface area contributed by atoms with Crippen LogP contribution >= 0.6 is 11.6 Å². The molecule has 1 rings (SSSR count). The first-order valence-electron chi connectivity index (χ1n) is 5.39. The second kappa shape index (κ2) is 5.82. The van der Waals surface area contributed by atoms with Gasteiger partial charge in [0, 0.05) is 0 Å². The van der Waals surface area contributed by atoms with Gasteiger partial charge in [-0.15, -0.1) is 11.6 Å². The first-order valence-corrected chi connectivity index (χ1v) is 5.83. The van der Waals surface area contributed by atoms with Crippen molar-refractivity contribution < 1.29 is 14.3 Å². The summed E-state index contributed by atoms with van der Waals surface area (Å²) in [7, 11) is 0. The average molecular weight is 255 g/mol. The molecular formula is C13H15ClO3. The van der Waals surface area contributed by atoms with Crippen LogP contribution in [0, 0.1) is 6.92 Å². The maximum Gasteiger partial charge on any atom is 0.338 e. The number of halogens is 1. The number of alkyl halides is 1. The van der Waals surface area contributed by atoms with Gasteiger partial charge in [-0.2, -0.15) is 0 Å². The second-order valence-electron chi connectivity index (χ2n) is 3.78. The molecule has 1 atom stereocenters. The van der Waals surface area contributed by atoms with E-state index in [1.165, 1.54) is 6.92 Å². The van der Waals surface area contributed by atoms with Crippen molar-refractivity contribution in [1.29, 1.82) is 0 Å². The van der Waals surface area contributed by atoms with Crippen molar-refractivity contribution in [2.24, 2.45) is 0 Å². The van der Waals surface area contributed by atoms with E-state index in [9.17, 15) is 9.59 Å². The summed E-state index contributed by atoms with van der Waals surface area (Å²) in [5.74, 6) is -0.641. The number of hydrogen-bond acceptors (Lipinski definition) is 3. The quantitative estimate of drug-likeness (QED) is 0.613. The van der Waals surface area contributed by atoms with E-state index in [0.29, 0.717) is 17.7 Å². The minimum absolute atomic E-state index is 0.192. The van der Waals surface area contributed by atoms with Crippen molar-refractivity contribution in [1.82, 2.24) is 0 Å². The fourth-order valence-corrected chi connectivity index (χ4v) is 1.69. The number of carbonyl (C=O) groups excluding carboxylic acids is 2. The van der Waals surface area contributed by atoms with Crippen LogP contribution in [0.25, 0.3) is 0 Å². The van der Waals surface area contributed by atoms with Crippen LogP contribution in [0.5, 0.6) is 0 Å². The molecule has 0 bridgehead atoms. The Labute approximate surface area is 106 Å². The van der Waals surface area contributed by atoms with Gasteiger partial charge in [0.2, 0.25) is 0 Å². The molecule has 0 heterocycles. The van der Waals surface area contributed by atoms with Crippen LogP contribution in [0.2, 0.25) is 0 Å². The molecule has 1 aromatic rings. The minimum Gasteiger partial charge on any atom is -0.462 e. The Morgan fingerprint density at radius 2 is 2.06 bits per heavy atom. The Hall–Kier alpha value is -1.35. The predicted molar refractivity (Wildman–Crippen MR) is 66.4 cm³/mol. The van der Waals surface area contributed by atoms with Gasteiger partial charge in [0.05, 0.1) is 12.2 Å². The van der Waals surface area contributed by atoms with Gasteiger partial charge in [-0.3, -0.25) is 4.79 Å². The Morgan fingerprint density at radius 1 is 1.41 bits per heavy atom. The topological polar surface area (TPSA) is 43.4 Å². The third-order valence-corrected chi connectivity index (χ3v) is 2.87. The number of benzene rings is 1. The fraction of sp³-hybridized carbons (Fsp3) is 0.385. The molecule has 0 aliphatic heterocycles. The zero-order chi connectivity index (χ0) is 13.0. The highest BCUT2D eigenvalue weighted by Gasteiger charge is 2.21. The van der Waals surface area contributed by atoms with Crippen LogP contribution < -0.4 is 0 Å². The van der Waals surface area contributed by atoms with Crippen LogP contribution in [0.1, 0.15) is 40.7 Å². The zero-order valence-electron chi connectivity index (χ0n) is 10.1. The molecule has 0 radical (unpaired) electrons. The van der Waals surface area contributed by atoms with Gasteiger partial charge in [-0.05, 0) is 32.4 Å². The van der Waals surface area contributed by atoms with E-state index in [1.54, 1.807) is 25.1 Å². The zero-order valence-corrected chi connectivity index (χ0v) is 10.9. The predicted octanol–water partition coefficient (Wildman–Crippen LogP) is 3.04. The molecule has 0 saturated heterocycles. The number of Topliss-reactive ketones (excluding diaryl/α,β-unsaturated/α-hetero) is 1. The van der Waals surface area contributed by atoms with Gasteiger partial charge in [-0.1, -0.05) is 17.7 Å². The summed E-state index contributed by atoms with van der Waals surface area (Å²) in [4.78, 5) is 23.0. The van der Waals surface area contributed by atoms with E-state index in [1.807, 2.05) is 6.92 Å². The number of ketones is 1. The first kappa shape index (κ1) is 13.7. The van der Waals surface area contributed by atoms with Crippen LogP contribution in [0.15, 0.2) is 18.2 Å². The molecule has 0 aromatic heterocycles. The lowest BCUT2D eigenvalue weighted by Gasteiger charge is -2.12. The molecule has 0 spiro atoms. The Kier molecular flexibility index (Phi) is 4.70. The van der Waals surface area contributed by atoms with Gasteiger partial charge < -0.3 is 4.74 Å². The molecule has 4 heteroatoms. The number of esters is 1. The largest absolute Gasteiger partial charge is 0.462 e. The molecule has 1 aromatic carbocycles. The Bertz CT molecular complexity index is 440. The highest BCUT2D eigenvalue weighted by Crippen LogP contribution is 2.26. The van der Waals surface area contributed by atoms with E-state index < -0.39 is 11.3 Å². The summed E-state index contributed by atoms with van der Waals surface area (Å²) in [6.07, 6.45) is 0. The monoisotopic (exact) mass is 254 g/mol. The van der Waals surface area contributed by atoms with Crippen molar-refractivity contribution in [3.63, 3.8) is 0 Å². The third kappa shape index (κ3) is 3.30. The van der Waals surface area contributed by atoms with E-state index in [0.717, 1.165) is 5.56 Å². The molecule has 17 heavy (non-hydrogen) atoms. The van der Waals surface area contributed by atoms with Crippen LogP contribution in [-0.4, -0.2) is 18.4 Å². The molecule has 0 N–H and O–H groups in total. The molecule has 1 unspecified atom stereocenters. The van der Waals surface area contributed by atoms with Crippen molar-refractivity contribution in [2.75, 3.05) is 6.61 Å². The van der Waals surface area contributed by atoms with Crippen LogP contribution in [-0.2, 0) is 9.53 Å². The molecule has 0 aliphatic carbocycles. The fourth-order valence-electron chi connectivity index (χ4n) is 1.51. The molecule has 3 nitrogen and oxygen atoms in total. The highest BCUT2D eigenvalue weighted by atomic mass is 35.5. The number of rotatable bonds is 4. The standard InChI is InChI=1S/C13H15ClO3/c1-4-17-13(16)10-6-5-8(2)7-11(10)12(14)9(3)15/h5-7,12H,4H2,1-3H3. The summed E-state index contributed by atoms with van der Waals surface area (Å²) in [5.41, 5.74) is 1.81. The van der Waals surface area contributed by atoms with Crippen molar-refractivity contribution in [2.45, 2.75) is 26.1 Å². The van der Waals surface area contributed by atoms with Crippen molar-refractivity contribution in [3.05, 3.63) is 34.9 Å². The van der Waals surface area contributed by atoms with Gasteiger partial charge >= 0.3 is 5.97 Å².